The van der Waals surface area contributed by atoms with Crippen molar-refractivity contribution in [3.63, 3.8) is 0 Å². The molecule has 2 aromatic carbocycles. The minimum Gasteiger partial charge on any atom is -0.486 e. The molecular formula is C21H26N2O2S. The number of benzene rings is 2. The van der Waals surface area contributed by atoms with Crippen LogP contribution in [0.3, 0.4) is 0 Å². The van der Waals surface area contributed by atoms with Crippen LogP contribution in [0.15, 0.2) is 42.5 Å². The van der Waals surface area contributed by atoms with E-state index in [1.165, 1.54) is 11.1 Å². The monoisotopic (exact) mass is 370 g/mol. The standard InChI is InChI=1S/C21H26N2O2S/c1-14(15-5-7-16(8-6-15)21(2,3)4)22-20(26)23-17-9-10-18-19(13-17)25-12-11-24-18/h5-10,13-14H,11-12H2,1-4H3,(H2,22,23,26). The van der Waals surface area contributed by atoms with Crippen molar-refractivity contribution in [3.05, 3.63) is 53.6 Å². The predicted octanol–water partition coefficient (Wildman–Crippen LogP) is 4.80. The van der Waals surface area contributed by atoms with Crippen molar-refractivity contribution < 1.29 is 9.47 Å². The van der Waals surface area contributed by atoms with E-state index in [9.17, 15) is 0 Å². The maximum Gasteiger partial charge on any atom is 0.171 e. The van der Waals surface area contributed by atoms with Crippen LogP contribution in [0.5, 0.6) is 11.5 Å². The number of ether oxygens (including phenoxy) is 2. The molecule has 0 saturated heterocycles. The molecule has 1 aliphatic heterocycles. The van der Waals surface area contributed by atoms with E-state index in [-0.39, 0.29) is 11.5 Å². The Morgan fingerprint density at radius 2 is 1.65 bits per heavy atom. The van der Waals surface area contributed by atoms with Crippen LogP contribution in [-0.2, 0) is 5.41 Å². The summed E-state index contributed by atoms with van der Waals surface area (Å²) in [5, 5.41) is 7.12. The summed E-state index contributed by atoms with van der Waals surface area (Å²) in [6.07, 6.45) is 0. The van der Waals surface area contributed by atoms with Gasteiger partial charge in [-0.25, -0.2) is 0 Å². The lowest BCUT2D eigenvalue weighted by atomic mass is 9.86. The highest BCUT2D eigenvalue weighted by Crippen LogP contribution is 2.32. The molecule has 0 bridgehead atoms. The zero-order valence-electron chi connectivity index (χ0n) is 15.8. The predicted molar refractivity (Wildman–Crippen MR) is 110 cm³/mol. The molecule has 26 heavy (non-hydrogen) atoms. The van der Waals surface area contributed by atoms with Crippen LogP contribution in [0.4, 0.5) is 5.69 Å². The lowest BCUT2D eigenvalue weighted by molar-refractivity contribution is 0.171. The van der Waals surface area contributed by atoms with Crippen LogP contribution < -0.4 is 20.1 Å². The van der Waals surface area contributed by atoms with Gasteiger partial charge in [-0.05, 0) is 47.8 Å². The van der Waals surface area contributed by atoms with Crippen LogP contribution in [0.2, 0.25) is 0 Å². The fraction of sp³-hybridized carbons (Fsp3) is 0.381. The molecule has 1 heterocycles. The van der Waals surface area contributed by atoms with E-state index < -0.39 is 0 Å². The number of thiocarbonyl (C=S) groups is 1. The van der Waals surface area contributed by atoms with Gasteiger partial charge in [0.2, 0.25) is 0 Å². The summed E-state index contributed by atoms with van der Waals surface area (Å²) < 4.78 is 11.1. The maximum atomic E-state index is 5.61. The van der Waals surface area contributed by atoms with E-state index in [0.29, 0.717) is 18.3 Å². The highest BCUT2D eigenvalue weighted by atomic mass is 32.1. The third-order valence-electron chi connectivity index (χ3n) is 4.42. The third kappa shape index (κ3) is 4.47. The number of hydrogen-bond acceptors (Lipinski definition) is 3. The van der Waals surface area contributed by atoms with Gasteiger partial charge in [-0.2, -0.15) is 0 Å². The van der Waals surface area contributed by atoms with Crippen LogP contribution in [-0.4, -0.2) is 18.3 Å². The Morgan fingerprint density at radius 3 is 2.31 bits per heavy atom. The Hall–Kier alpha value is -2.27. The Morgan fingerprint density at radius 1 is 1.00 bits per heavy atom. The van der Waals surface area contributed by atoms with Crippen LogP contribution in [0.25, 0.3) is 0 Å². The summed E-state index contributed by atoms with van der Waals surface area (Å²) in [7, 11) is 0. The van der Waals surface area contributed by atoms with Crippen molar-refractivity contribution in [3.8, 4) is 11.5 Å². The van der Waals surface area contributed by atoms with Gasteiger partial charge in [-0.1, -0.05) is 45.0 Å². The van der Waals surface area contributed by atoms with Gasteiger partial charge in [-0.15, -0.1) is 0 Å². The number of anilines is 1. The highest BCUT2D eigenvalue weighted by Gasteiger charge is 2.15. The lowest BCUT2D eigenvalue weighted by Gasteiger charge is -2.22. The zero-order chi connectivity index (χ0) is 18.7. The van der Waals surface area contributed by atoms with Crippen molar-refractivity contribution >= 4 is 23.0 Å². The van der Waals surface area contributed by atoms with E-state index in [2.05, 4.69) is 62.6 Å². The molecule has 138 valence electrons. The largest absolute Gasteiger partial charge is 0.486 e. The first-order chi connectivity index (χ1) is 12.3. The molecule has 1 unspecified atom stereocenters. The summed E-state index contributed by atoms with van der Waals surface area (Å²) in [6.45, 7) is 9.91. The second-order valence-corrected chi connectivity index (χ2v) is 7.96. The second kappa shape index (κ2) is 7.54. The summed E-state index contributed by atoms with van der Waals surface area (Å²) in [5.74, 6) is 1.52. The van der Waals surface area contributed by atoms with E-state index in [1.54, 1.807) is 0 Å². The summed E-state index contributed by atoms with van der Waals surface area (Å²) in [4.78, 5) is 0. The van der Waals surface area contributed by atoms with Crippen molar-refractivity contribution in [1.29, 1.82) is 0 Å². The minimum atomic E-state index is 0.112. The Labute approximate surface area is 160 Å². The summed E-state index contributed by atoms with van der Waals surface area (Å²) in [6, 6.07) is 14.5. The zero-order valence-corrected chi connectivity index (χ0v) is 16.6. The topological polar surface area (TPSA) is 42.5 Å². The van der Waals surface area contributed by atoms with Crippen LogP contribution in [0.1, 0.15) is 44.9 Å². The first-order valence-corrected chi connectivity index (χ1v) is 9.31. The Bertz CT molecular complexity index is 782. The average molecular weight is 371 g/mol. The van der Waals surface area contributed by atoms with E-state index in [4.69, 9.17) is 21.7 Å². The van der Waals surface area contributed by atoms with Gasteiger partial charge in [0, 0.05) is 11.8 Å². The van der Waals surface area contributed by atoms with Gasteiger partial charge >= 0.3 is 0 Å². The van der Waals surface area contributed by atoms with Crippen LogP contribution >= 0.6 is 12.2 Å². The minimum absolute atomic E-state index is 0.112. The molecule has 1 atom stereocenters. The fourth-order valence-electron chi connectivity index (χ4n) is 2.84. The molecule has 0 aromatic heterocycles. The molecule has 2 N–H and O–H groups in total. The SMILES string of the molecule is CC(NC(=S)Nc1ccc2c(c1)OCCO2)c1ccc(C(C)(C)C)cc1. The summed E-state index contributed by atoms with van der Waals surface area (Å²) in [5.41, 5.74) is 3.56. The molecule has 0 aliphatic carbocycles. The fourth-order valence-corrected chi connectivity index (χ4v) is 3.13. The molecule has 0 spiro atoms. The quantitative estimate of drug-likeness (QED) is 0.760. The molecular weight excluding hydrogens is 344 g/mol. The Balaban J connectivity index is 1.61. The first kappa shape index (κ1) is 18.5. The van der Waals surface area contributed by atoms with Gasteiger partial charge in [0.1, 0.15) is 13.2 Å². The van der Waals surface area contributed by atoms with E-state index in [1.807, 2.05) is 18.2 Å². The number of nitrogens with one attached hydrogen (secondary N) is 2. The number of rotatable bonds is 3. The average Bonchev–Trinajstić information content (AvgIpc) is 2.61. The molecule has 1 aliphatic rings. The molecule has 0 fully saturated rings. The number of hydrogen-bond donors (Lipinski definition) is 2. The first-order valence-electron chi connectivity index (χ1n) is 8.90. The number of fused-ring (bicyclic) bond motifs is 1. The molecule has 3 rings (SSSR count). The summed E-state index contributed by atoms with van der Waals surface area (Å²) >= 11 is 5.46. The molecule has 0 radical (unpaired) electrons. The van der Waals surface area contributed by atoms with E-state index >= 15 is 0 Å². The third-order valence-corrected chi connectivity index (χ3v) is 4.64. The molecule has 0 saturated carbocycles. The van der Waals surface area contributed by atoms with Crippen molar-refractivity contribution in [2.75, 3.05) is 18.5 Å². The van der Waals surface area contributed by atoms with Gasteiger partial charge in [-0.3, -0.25) is 0 Å². The van der Waals surface area contributed by atoms with Crippen molar-refractivity contribution in [2.24, 2.45) is 0 Å². The second-order valence-electron chi connectivity index (χ2n) is 7.55. The highest BCUT2D eigenvalue weighted by molar-refractivity contribution is 7.80. The van der Waals surface area contributed by atoms with Gasteiger partial charge in [0.05, 0.1) is 6.04 Å². The molecule has 4 nitrogen and oxygen atoms in total. The molecule has 5 heteroatoms. The lowest BCUT2D eigenvalue weighted by Crippen LogP contribution is -2.31. The van der Waals surface area contributed by atoms with Crippen LogP contribution in [0, 0.1) is 0 Å². The van der Waals surface area contributed by atoms with Gasteiger partial charge < -0.3 is 20.1 Å². The molecule has 2 aromatic rings. The van der Waals surface area contributed by atoms with Crippen molar-refractivity contribution in [2.45, 2.75) is 39.2 Å². The van der Waals surface area contributed by atoms with E-state index in [0.717, 1.165) is 17.2 Å². The van der Waals surface area contributed by atoms with Gasteiger partial charge in [0.15, 0.2) is 16.6 Å². The van der Waals surface area contributed by atoms with Gasteiger partial charge in [0.25, 0.3) is 0 Å². The smallest absolute Gasteiger partial charge is 0.171 e. The maximum absolute atomic E-state index is 5.61. The molecule has 0 amide bonds. The Kier molecular flexibility index (Phi) is 5.37. The van der Waals surface area contributed by atoms with Crippen molar-refractivity contribution in [1.82, 2.24) is 5.32 Å². The normalized spacial score (nSPS) is 14.5.